The van der Waals surface area contributed by atoms with Crippen LogP contribution < -0.4 is 0 Å². The SMILES string of the molecule is CCCN(CC)CCN1CCCCC1. The van der Waals surface area contributed by atoms with Crippen molar-refractivity contribution in [2.75, 3.05) is 39.3 Å². The zero-order chi connectivity index (χ0) is 10.2. The molecule has 0 radical (unpaired) electrons. The number of likely N-dealkylation sites (tertiary alicyclic amines) is 1. The first-order valence-electron chi connectivity index (χ1n) is 6.31. The van der Waals surface area contributed by atoms with E-state index in [2.05, 4.69) is 23.6 Å². The van der Waals surface area contributed by atoms with Gasteiger partial charge in [-0.2, -0.15) is 0 Å². The fourth-order valence-electron chi connectivity index (χ4n) is 2.21. The molecule has 1 fully saturated rings. The minimum absolute atomic E-state index is 1.21. The van der Waals surface area contributed by atoms with Crippen LogP contribution in [0, 0.1) is 0 Å². The Morgan fingerprint density at radius 2 is 1.71 bits per heavy atom. The van der Waals surface area contributed by atoms with E-state index in [0.29, 0.717) is 0 Å². The molecule has 0 aliphatic carbocycles. The first-order valence-corrected chi connectivity index (χ1v) is 6.31. The van der Waals surface area contributed by atoms with Crippen molar-refractivity contribution in [2.45, 2.75) is 39.5 Å². The fraction of sp³-hybridized carbons (Fsp3) is 1.00. The average Bonchev–Trinajstić information content (AvgIpc) is 2.25. The van der Waals surface area contributed by atoms with Gasteiger partial charge in [-0.05, 0) is 45.4 Å². The van der Waals surface area contributed by atoms with Crippen LogP contribution in [0.3, 0.4) is 0 Å². The molecule has 0 N–H and O–H groups in total. The summed E-state index contributed by atoms with van der Waals surface area (Å²) in [6, 6.07) is 0. The van der Waals surface area contributed by atoms with Gasteiger partial charge in [0.2, 0.25) is 0 Å². The van der Waals surface area contributed by atoms with E-state index in [1.807, 2.05) is 0 Å². The lowest BCUT2D eigenvalue weighted by Gasteiger charge is -2.29. The summed E-state index contributed by atoms with van der Waals surface area (Å²) >= 11 is 0. The van der Waals surface area contributed by atoms with Gasteiger partial charge in [-0.25, -0.2) is 0 Å². The normalized spacial score (nSPS) is 19.1. The second-order valence-corrected chi connectivity index (χ2v) is 4.34. The molecule has 0 aromatic rings. The summed E-state index contributed by atoms with van der Waals surface area (Å²) in [5.41, 5.74) is 0. The Labute approximate surface area is 89.3 Å². The molecule has 2 nitrogen and oxygen atoms in total. The van der Waals surface area contributed by atoms with E-state index in [9.17, 15) is 0 Å². The Morgan fingerprint density at radius 3 is 2.29 bits per heavy atom. The predicted octanol–water partition coefficient (Wildman–Crippen LogP) is 2.20. The maximum atomic E-state index is 2.63. The molecule has 1 aliphatic heterocycles. The second-order valence-electron chi connectivity index (χ2n) is 4.34. The molecule has 0 bridgehead atoms. The molecule has 84 valence electrons. The van der Waals surface area contributed by atoms with Crippen molar-refractivity contribution in [3.8, 4) is 0 Å². The number of likely N-dealkylation sites (N-methyl/N-ethyl adjacent to an activating group) is 1. The van der Waals surface area contributed by atoms with Gasteiger partial charge in [0.25, 0.3) is 0 Å². The molecule has 0 spiro atoms. The maximum absolute atomic E-state index is 2.63. The van der Waals surface area contributed by atoms with Gasteiger partial charge in [-0.3, -0.25) is 0 Å². The van der Waals surface area contributed by atoms with Crippen LogP contribution in [0.4, 0.5) is 0 Å². The van der Waals surface area contributed by atoms with Gasteiger partial charge in [-0.1, -0.05) is 20.3 Å². The molecule has 14 heavy (non-hydrogen) atoms. The topological polar surface area (TPSA) is 6.48 Å². The van der Waals surface area contributed by atoms with Crippen LogP contribution in [0.25, 0.3) is 0 Å². The van der Waals surface area contributed by atoms with E-state index in [0.717, 1.165) is 0 Å². The third kappa shape index (κ3) is 4.43. The first kappa shape index (κ1) is 12.0. The van der Waals surface area contributed by atoms with Gasteiger partial charge in [-0.15, -0.1) is 0 Å². The van der Waals surface area contributed by atoms with E-state index in [4.69, 9.17) is 0 Å². The molecule has 1 aliphatic rings. The maximum Gasteiger partial charge on any atom is 0.0109 e. The van der Waals surface area contributed by atoms with Crippen molar-refractivity contribution in [3.05, 3.63) is 0 Å². The monoisotopic (exact) mass is 198 g/mol. The number of rotatable bonds is 6. The zero-order valence-corrected chi connectivity index (χ0v) is 9.97. The summed E-state index contributed by atoms with van der Waals surface area (Å²) in [6.07, 6.45) is 5.57. The second kappa shape index (κ2) is 7.24. The van der Waals surface area contributed by atoms with Crippen LogP contribution in [-0.4, -0.2) is 49.1 Å². The molecule has 0 aromatic heterocycles. The van der Waals surface area contributed by atoms with Crippen LogP contribution in [0.2, 0.25) is 0 Å². The minimum atomic E-state index is 1.21. The van der Waals surface area contributed by atoms with Gasteiger partial charge < -0.3 is 9.80 Å². The predicted molar refractivity (Wildman–Crippen MR) is 62.7 cm³/mol. The number of hydrogen-bond donors (Lipinski definition) is 0. The summed E-state index contributed by atoms with van der Waals surface area (Å²) in [7, 11) is 0. The summed E-state index contributed by atoms with van der Waals surface area (Å²) in [6.45, 7) is 12.2. The molecular weight excluding hydrogens is 172 g/mol. The van der Waals surface area contributed by atoms with Crippen molar-refractivity contribution in [1.29, 1.82) is 0 Å². The van der Waals surface area contributed by atoms with E-state index in [-0.39, 0.29) is 0 Å². The molecule has 1 saturated heterocycles. The van der Waals surface area contributed by atoms with Gasteiger partial charge in [0.15, 0.2) is 0 Å². The Bertz CT molecular complexity index is 126. The molecule has 0 aromatic carbocycles. The lowest BCUT2D eigenvalue weighted by atomic mass is 10.1. The highest BCUT2D eigenvalue weighted by atomic mass is 15.2. The molecule has 0 amide bonds. The van der Waals surface area contributed by atoms with Crippen molar-refractivity contribution in [1.82, 2.24) is 9.80 Å². The Kier molecular flexibility index (Phi) is 6.20. The average molecular weight is 198 g/mol. The van der Waals surface area contributed by atoms with E-state index < -0.39 is 0 Å². The number of piperidine rings is 1. The van der Waals surface area contributed by atoms with E-state index >= 15 is 0 Å². The van der Waals surface area contributed by atoms with Gasteiger partial charge >= 0.3 is 0 Å². The summed E-state index contributed by atoms with van der Waals surface area (Å²) < 4.78 is 0. The quantitative estimate of drug-likeness (QED) is 0.645. The van der Waals surface area contributed by atoms with Gasteiger partial charge in [0, 0.05) is 13.1 Å². The first-order chi connectivity index (χ1) is 6.86. The number of hydrogen-bond acceptors (Lipinski definition) is 2. The van der Waals surface area contributed by atoms with Crippen molar-refractivity contribution in [2.24, 2.45) is 0 Å². The van der Waals surface area contributed by atoms with E-state index in [1.165, 1.54) is 65.0 Å². The smallest absolute Gasteiger partial charge is 0.0109 e. The molecular formula is C12H26N2. The van der Waals surface area contributed by atoms with Crippen molar-refractivity contribution < 1.29 is 0 Å². The summed E-state index contributed by atoms with van der Waals surface area (Å²) in [5.74, 6) is 0. The summed E-state index contributed by atoms with van der Waals surface area (Å²) in [5, 5.41) is 0. The Morgan fingerprint density at radius 1 is 1.00 bits per heavy atom. The van der Waals surface area contributed by atoms with Gasteiger partial charge in [0.05, 0.1) is 0 Å². The standard InChI is InChI=1S/C12H26N2/c1-3-8-13(4-2)11-12-14-9-6-5-7-10-14/h3-12H2,1-2H3. The third-order valence-electron chi connectivity index (χ3n) is 3.17. The van der Waals surface area contributed by atoms with Gasteiger partial charge in [0.1, 0.15) is 0 Å². The third-order valence-corrected chi connectivity index (χ3v) is 3.17. The lowest BCUT2D eigenvalue weighted by Crippen LogP contribution is -2.38. The lowest BCUT2D eigenvalue weighted by molar-refractivity contribution is 0.185. The molecule has 0 saturated carbocycles. The van der Waals surface area contributed by atoms with Crippen LogP contribution in [0.15, 0.2) is 0 Å². The van der Waals surface area contributed by atoms with Crippen LogP contribution in [0.1, 0.15) is 39.5 Å². The zero-order valence-electron chi connectivity index (χ0n) is 9.97. The Balaban J connectivity index is 2.10. The highest BCUT2D eigenvalue weighted by Crippen LogP contribution is 2.08. The molecule has 0 unspecified atom stereocenters. The van der Waals surface area contributed by atoms with E-state index in [1.54, 1.807) is 0 Å². The Hall–Kier alpha value is -0.0800. The largest absolute Gasteiger partial charge is 0.302 e. The van der Waals surface area contributed by atoms with Crippen LogP contribution in [0.5, 0.6) is 0 Å². The van der Waals surface area contributed by atoms with Crippen LogP contribution >= 0.6 is 0 Å². The highest BCUT2D eigenvalue weighted by molar-refractivity contribution is 4.66. The fourth-order valence-corrected chi connectivity index (χ4v) is 2.21. The molecule has 1 heterocycles. The number of nitrogens with zero attached hydrogens (tertiary/aromatic N) is 2. The summed E-state index contributed by atoms with van der Waals surface area (Å²) in [4.78, 5) is 5.19. The minimum Gasteiger partial charge on any atom is -0.302 e. The highest BCUT2D eigenvalue weighted by Gasteiger charge is 2.10. The molecule has 2 heteroatoms. The molecule has 1 rings (SSSR count). The van der Waals surface area contributed by atoms with Crippen LogP contribution in [-0.2, 0) is 0 Å². The van der Waals surface area contributed by atoms with Crippen molar-refractivity contribution in [3.63, 3.8) is 0 Å². The van der Waals surface area contributed by atoms with Crippen molar-refractivity contribution >= 4 is 0 Å². The molecule has 0 atom stereocenters.